The Bertz CT molecular complexity index is 354. The second-order valence-electron chi connectivity index (χ2n) is 5.04. The molecule has 1 aliphatic heterocycles. The van der Waals surface area contributed by atoms with Gasteiger partial charge in [-0.1, -0.05) is 26.7 Å². The van der Waals surface area contributed by atoms with E-state index in [2.05, 4.69) is 40.9 Å². The molecule has 17 heavy (non-hydrogen) atoms. The van der Waals surface area contributed by atoms with Gasteiger partial charge in [-0.05, 0) is 25.8 Å². The molecule has 0 fully saturated rings. The van der Waals surface area contributed by atoms with Gasteiger partial charge in [-0.25, -0.2) is 0 Å². The number of fused-ring (bicyclic) bond motifs is 1. The molecule has 1 aromatic heterocycles. The molecule has 0 saturated heterocycles. The Morgan fingerprint density at radius 2 is 2.06 bits per heavy atom. The van der Waals surface area contributed by atoms with Crippen molar-refractivity contribution in [1.82, 2.24) is 20.1 Å². The molecule has 1 unspecified atom stereocenters. The van der Waals surface area contributed by atoms with Crippen LogP contribution in [0.4, 0.5) is 0 Å². The fourth-order valence-corrected chi connectivity index (χ4v) is 2.51. The molecule has 2 heterocycles. The maximum absolute atomic E-state index is 4.32. The Kier molecular flexibility index (Phi) is 4.15. The number of hydrogen-bond acceptors (Lipinski definition) is 3. The van der Waals surface area contributed by atoms with Crippen molar-refractivity contribution < 1.29 is 0 Å². The van der Waals surface area contributed by atoms with E-state index in [-0.39, 0.29) is 0 Å². The van der Waals surface area contributed by atoms with E-state index in [9.17, 15) is 0 Å². The molecule has 4 heteroatoms. The molecule has 0 bridgehead atoms. The summed E-state index contributed by atoms with van der Waals surface area (Å²) in [5, 5.41) is 12.2. The van der Waals surface area contributed by atoms with Gasteiger partial charge in [0.2, 0.25) is 0 Å². The van der Waals surface area contributed by atoms with Crippen molar-refractivity contribution in [1.29, 1.82) is 0 Å². The van der Waals surface area contributed by atoms with Gasteiger partial charge in [-0.15, -0.1) is 10.2 Å². The van der Waals surface area contributed by atoms with Crippen LogP contribution in [0.1, 0.15) is 57.7 Å². The first-order valence-corrected chi connectivity index (χ1v) is 6.91. The number of aromatic nitrogens is 3. The minimum atomic E-state index is 0.315. The van der Waals surface area contributed by atoms with Crippen molar-refractivity contribution >= 4 is 0 Å². The van der Waals surface area contributed by atoms with E-state index in [1.54, 1.807) is 0 Å². The molecule has 0 spiro atoms. The Labute approximate surface area is 104 Å². The lowest BCUT2D eigenvalue weighted by atomic mass is 10.0. The number of nitrogens with zero attached hydrogens (tertiary/aromatic N) is 3. The van der Waals surface area contributed by atoms with E-state index in [1.807, 2.05) is 0 Å². The molecule has 0 amide bonds. The number of hydrogen-bond donors (Lipinski definition) is 1. The highest BCUT2D eigenvalue weighted by Crippen LogP contribution is 2.19. The standard InChI is InChI=1S/C13H24N4/c1-4-11(5-2)9-14-10(3)13-16-15-12-7-6-8-17(12)13/h10-11,14H,4-9H2,1-3H3. The van der Waals surface area contributed by atoms with Gasteiger partial charge in [-0.2, -0.15) is 0 Å². The molecule has 1 atom stereocenters. The average Bonchev–Trinajstić information content (AvgIpc) is 2.91. The fraction of sp³-hybridized carbons (Fsp3) is 0.846. The first-order valence-electron chi connectivity index (χ1n) is 6.91. The van der Waals surface area contributed by atoms with Gasteiger partial charge in [0.1, 0.15) is 11.6 Å². The lowest BCUT2D eigenvalue weighted by Crippen LogP contribution is -2.27. The van der Waals surface area contributed by atoms with Gasteiger partial charge in [0, 0.05) is 13.0 Å². The molecule has 96 valence electrons. The second kappa shape index (κ2) is 5.63. The Hall–Kier alpha value is -0.900. The first-order chi connectivity index (χ1) is 8.26. The van der Waals surface area contributed by atoms with Gasteiger partial charge >= 0.3 is 0 Å². The van der Waals surface area contributed by atoms with Crippen LogP contribution in [0.3, 0.4) is 0 Å². The normalized spacial score (nSPS) is 16.5. The molecular formula is C13H24N4. The molecular weight excluding hydrogens is 212 g/mol. The van der Waals surface area contributed by atoms with Gasteiger partial charge < -0.3 is 9.88 Å². The summed E-state index contributed by atoms with van der Waals surface area (Å²) in [4.78, 5) is 0. The third-order valence-corrected chi connectivity index (χ3v) is 3.89. The molecule has 0 aromatic carbocycles. The van der Waals surface area contributed by atoms with E-state index < -0.39 is 0 Å². The summed E-state index contributed by atoms with van der Waals surface area (Å²) in [7, 11) is 0. The number of nitrogens with one attached hydrogen (secondary N) is 1. The van der Waals surface area contributed by atoms with Crippen molar-refractivity contribution in [2.24, 2.45) is 5.92 Å². The monoisotopic (exact) mass is 236 g/mol. The summed E-state index contributed by atoms with van der Waals surface area (Å²) < 4.78 is 2.28. The third kappa shape index (κ3) is 2.68. The van der Waals surface area contributed by atoms with Crippen LogP contribution >= 0.6 is 0 Å². The van der Waals surface area contributed by atoms with Gasteiger partial charge in [0.25, 0.3) is 0 Å². The minimum Gasteiger partial charge on any atom is -0.314 e. The highest BCUT2D eigenvalue weighted by Gasteiger charge is 2.21. The van der Waals surface area contributed by atoms with Gasteiger partial charge in [-0.3, -0.25) is 0 Å². The molecule has 0 aliphatic carbocycles. The number of aryl methyl sites for hydroxylation is 1. The fourth-order valence-electron chi connectivity index (χ4n) is 2.51. The van der Waals surface area contributed by atoms with Gasteiger partial charge in [0.05, 0.1) is 6.04 Å². The van der Waals surface area contributed by atoms with Crippen molar-refractivity contribution in [3.63, 3.8) is 0 Å². The zero-order chi connectivity index (χ0) is 12.3. The van der Waals surface area contributed by atoms with Crippen LogP contribution in [0, 0.1) is 5.92 Å². The van der Waals surface area contributed by atoms with E-state index >= 15 is 0 Å². The predicted molar refractivity (Wildman–Crippen MR) is 68.8 cm³/mol. The quantitative estimate of drug-likeness (QED) is 0.824. The highest BCUT2D eigenvalue weighted by molar-refractivity contribution is 5.04. The van der Waals surface area contributed by atoms with E-state index in [1.165, 1.54) is 19.3 Å². The van der Waals surface area contributed by atoms with Crippen LogP contribution in [-0.2, 0) is 13.0 Å². The highest BCUT2D eigenvalue weighted by atomic mass is 15.3. The van der Waals surface area contributed by atoms with Crippen LogP contribution in [-0.4, -0.2) is 21.3 Å². The lowest BCUT2D eigenvalue weighted by molar-refractivity contribution is 0.409. The minimum absolute atomic E-state index is 0.315. The van der Waals surface area contributed by atoms with Crippen LogP contribution in [0.15, 0.2) is 0 Å². The first kappa shape index (κ1) is 12.6. The summed E-state index contributed by atoms with van der Waals surface area (Å²) >= 11 is 0. The smallest absolute Gasteiger partial charge is 0.149 e. The molecule has 2 rings (SSSR count). The second-order valence-corrected chi connectivity index (χ2v) is 5.04. The lowest BCUT2D eigenvalue weighted by Gasteiger charge is -2.18. The summed E-state index contributed by atoms with van der Waals surface area (Å²) in [5.74, 6) is 3.05. The van der Waals surface area contributed by atoms with Crippen LogP contribution in [0.5, 0.6) is 0 Å². The van der Waals surface area contributed by atoms with E-state index in [4.69, 9.17) is 0 Å². The Morgan fingerprint density at radius 1 is 1.29 bits per heavy atom. The largest absolute Gasteiger partial charge is 0.314 e. The van der Waals surface area contributed by atoms with Crippen molar-refractivity contribution in [3.05, 3.63) is 11.6 Å². The molecule has 1 N–H and O–H groups in total. The Morgan fingerprint density at radius 3 is 2.76 bits per heavy atom. The predicted octanol–water partition coefficient (Wildman–Crippen LogP) is 2.31. The summed E-state index contributed by atoms with van der Waals surface area (Å²) in [6.45, 7) is 8.88. The molecule has 0 radical (unpaired) electrons. The Balaban J connectivity index is 1.93. The number of rotatable bonds is 6. The third-order valence-electron chi connectivity index (χ3n) is 3.89. The molecule has 1 aromatic rings. The maximum atomic E-state index is 4.32. The van der Waals surface area contributed by atoms with Crippen molar-refractivity contribution in [3.8, 4) is 0 Å². The maximum Gasteiger partial charge on any atom is 0.149 e. The molecule has 4 nitrogen and oxygen atoms in total. The SMILES string of the molecule is CCC(CC)CNC(C)c1nnc2n1CCC2. The van der Waals surface area contributed by atoms with Crippen LogP contribution in [0.2, 0.25) is 0 Å². The van der Waals surface area contributed by atoms with Gasteiger partial charge in [0.15, 0.2) is 0 Å². The summed E-state index contributed by atoms with van der Waals surface area (Å²) in [5.41, 5.74) is 0. The van der Waals surface area contributed by atoms with E-state index in [0.29, 0.717) is 6.04 Å². The zero-order valence-corrected chi connectivity index (χ0v) is 11.2. The average molecular weight is 236 g/mol. The molecule has 1 aliphatic rings. The zero-order valence-electron chi connectivity index (χ0n) is 11.2. The summed E-state index contributed by atoms with van der Waals surface area (Å²) in [6, 6.07) is 0.315. The van der Waals surface area contributed by atoms with E-state index in [0.717, 1.165) is 37.1 Å². The summed E-state index contributed by atoms with van der Waals surface area (Å²) in [6.07, 6.45) is 4.80. The van der Waals surface area contributed by atoms with Crippen LogP contribution < -0.4 is 5.32 Å². The molecule has 0 saturated carbocycles. The van der Waals surface area contributed by atoms with Crippen molar-refractivity contribution in [2.45, 2.75) is 59.0 Å². The van der Waals surface area contributed by atoms with Crippen LogP contribution in [0.25, 0.3) is 0 Å². The van der Waals surface area contributed by atoms with Crippen molar-refractivity contribution in [2.75, 3.05) is 6.54 Å². The topological polar surface area (TPSA) is 42.7 Å².